The van der Waals surface area contributed by atoms with E-state index >= 15 is 0 Å². The van der Waals surface area contributed by atoms with Gasteiger partial charge in [-0.05, 0) is 13.0 Å². The van der Waals surface area contributed by atoms with Gasteiger partial charge in [0.05, 0.1) is 0 Å². The Labute approximate surface area is 131 Å². The highest BCUT2D eigenvalue weighted by molar-refractivity contribution is 7.63. The number of hydrogen-bond donors (Lipinski definition) is 0. The fourth-order valence-corrected chi connectivity index (χ4v) is 4.02. The fraction of sp³-hybridized carbons (Fsp3) is 0. The van der Waals surface area contributed by atoms with Gasteiger partial charge in [0.25, 0.3) is 0 Å². The molecule has 22 heavy (non-hydrogen) atoms. The second-order valence-corrected chi connectivity index (χ2v) is 6.74. The molecule has 0 bridgehead atoms. The summed E-state index contributed by atoms with van der Waals surface area (Å²) < 4.78 is 0. The summed E-state index contributed by atoms with van der Waals surface area (Å²) in [5, 5.41) is 2.26. The zero-order valence-corrected chi connectivity index (χ0v) is 12.9. The van der Waals surface area contributed by atoms with Crippen molar-refractivity contribution < 1.29 is 4.79 Å². The Kier molecular flexibility index (Phi) is 4.51. The number of benzene rings is 3. The monoisotopic (exact) mass is 302 g/mol. The van der Waals surface area contributed by atoms with Crippen molar-refractivity contribution in [2.45, 2.75) is 0 Å². The van der Waals surface area contributed by atoms with E-state index in [1.54, 1.807) is 0 Å². The minimum Gasteiger partial charge on any atom is -0.280 e. The average Bonchev–Trinajstić information content (AvgIpc) is 2.62. The van der Waals surface area contributed by atoms with E-state index in [-0.39, 0.29) is 5.78 Å². The van der Waals surface area contributed by atoms with Crippen molar-refractivity contribution in [2.24, 2.45) is 0 Å². The average molecular weight is 302 g/mol. The van der Waals surface area contributed by atoms with Gasteiger partial charge >= 0.3 is 0 Å². The van der Waals surface area contributed by atoms with E-state index in [0.29, 0.717) is 5.56 Å². The van der Waals surface area contributed by atoms with Crippen LogP contribution in [0.5, 0.6) is 0 Å². The molecule has 0 saturated heterocycles. The minimum absolute atomic E-state index is 0.0422. The molecule has 0 fully saturated rings. The molecule has 0 aliphatic rings. The third kappa shape index (κ3) is 3.35. The van der Waals surface area contributed by atoms with Crippen LogP contribution in [0, 0.1) is 5.63 Å². The number of rotatable bonds is 1. The molecule has 0 aromatic heterocycles. The van der Waals surface area contributed by atoms with Crippen LogP contribution in [-0.4, -0.2) is 5.78 Å². The van der Waals surface area contributed by atoms with Crippen LogP contribution in [0.15, 0.2) is 91.0 Å². The molecule has 0 spiro atoms. The van der Waals surface area contributed by atoms with Crippen molar-refractivity contribution in [2.75, 3.05) is 0 Å². The van der Waals surface area contributed by atoms with Crippen LogP contribution in [0.3, 0.4) is 0 Å². The van der Waals surface area contributed by atoms with E-state index in [0.717, 1.165) is 10.6 Å². The number of Topliss-reactive ketones (excluding diaryl/α,β-unsaturated/α-hetero) is 1. The normalized spacial score (nSPS) is 9.82. The van der Waals surface area contributed by atoms with Crippen molar-refractivity contribution in [3.05, 3.63) is 96.6 Å². The lowest BCUT2D eigenvalue weighted by molar-refractivity contribution is 0.105. The predicted molar refractivity (Wildman–Crippen MR) is 93.7 cm³/mol. The van der Waals surface area contributed by atoms with E-state index in [9.17, 15) is 4.79 Å². The Morgan fingerprint density at radius 2 is 1.05 bits per heavy atom. The highest BCUT2D eigenvalue weighted by Gasteiger charge is 2.05. The van der Waals surface area contributed by atoms with E-state index in [1.165, 1.54) is 0 Å². The van der Waals surface area contributed by atoms with Gasteiger partial charge < -0.3 is 0 Å². The van der Waals surface area contributed by atoms with Crippen LogP contribution in [0.4, 0.5) is 0 Å². The van der Waals surface area contributed by atoms with Gasteiger partial charge in [-0.15, -0.1) is 0 Å². The Balaban J connectivity index is 2.12. The van der Waals surface area contributed by atoms with Gasteiger partial charge in [0.1, 0.15) is 0 Å². The second-order valence-electron chi connectivity index (χ2n) is 4.81. The van der Waals surface area contributed by atoms with Crippen molar-refractivity contribution in [1.82, 2.24) is 0 Å². The van der Waals surface area contributed by atoms with Crippen LogP contribution in [-0.2, 0) is 0 Å². The Bertz CT molecular complexity index is 797. The lowest BCUT2D eigenvalue weighted by atomic mass is 10.2. The summed E-state index contributed by atoms with van der Waals surface area (Å²) in [4.78, 5) is 12.5. The molecule has 0 radical (unpaired) electrons. The molecular formula is C20H15OP. The lowest BCUT2D eigenvalue weighted by Crippen LogP contribution is -2.06. The Hall–Kier alpha value is -2.59. The summed E-state index contributed by atoms with van der Waals surface area (Å²) >= 11 is 0. The summed E-state index contributed by atoms with van der Waals surface area (Å²) in [6.45, 7) is 0. The standard InChI is InChI=1S/C20H15OP/c21-20(17-10-4-1-5-11-17)16-22(18-12-6-2-7-13-18)19-14-8-3-9-15-19/h1-15H. The molecule has 3 rings (SSSR count). The predicted octanol–water partition coefficient (Wildman–Crippen LogP) is 3.96. The highest BCUT2D eigenvalue weighted by atomic mass is 31.1. The van der Waals surface area contributed by atoms with E-state index in [2.05, 4.69) is 29.9 Å². The van der Waals surface area contributed by atoms with Crippen LogP contribution in [0.25, 0.3) is 0 Å². The number of ketones is 1. The maximum Gasteiger partial charge on any atom is 0.232 e. The molecule has 0 saturated carbocycles. The summed E-state index contributed by atoms with van der Waals surface area (Å²) in [6, 6.07) is 29.6. The molecule has 0 heterocycles. The number of carbonyl (C=O) groups is 1. The number of carbonyl (C=O) groups excluding carboxylic acids is 1. The van der Waals surface area contributed by atoms with Crippen LogP contribution in [0.1, 0.15) is 10.4 Å². The largest absolute Gasteiger partial charge is 0.280 e. The van der Waals surface area contributed by atoms with Crippen LogP contribution >= 0.6 is 7.38 Å². The van der Waals surface area contributed by atoms with Crippen molar-refractivity contribution in [3.63, 3.8) is 0 Å². The Morgan fingerprint density at radius 3 is 1.50 bits per heavy atom. The molecule has 1 nitrogen and oxygen atoms in total. The van der Waals surface area contributed by atoms with Gasteiger partial charge in [-0.2, -0.15) is 0 Å². The van der Waals surface area contributed by atoms with Gasteiger partial charge in [0.15, 0.2) is 0 Å². The summed E-state index contributed by atoms with van der Waals surface area (Å²) in [5.41, 5.74) is 3.87. The Morgan fingerprint density at radius 1 is 0.636 bits per heavy atom. The third-order valence-corrected chi connectivity index (χ3v) is 5.33. The van der Waals surface area contributed by atoms with Crippen molar-refractivity contribution in [3.8, 4) is 5.63 Å². The van der Waals surface area contributed by atoms with Gasteiger partial charge in [-0.25, -0.2) is 0 Å². The van der Waals surface area contributed by atoms with E-state index in [1.807, 2.05) is 66.7 Å². The van der Waals surface area contributed by atoms with Gasteiger partial charge in [-0.3, -0.25) is 4.79 Å². The molecule has 106 valence electrons. The SMILES string of the molecule is O=C(C#P(c1ccccc1)c1ccccc1)c1ccccc1. The molecular weight excluding hydrogens is 287 g/mol. The zero-order chi connectivity index (χ0) is 15.2. The molecule has 0 amide bonds. The first-order chi connectivity index (χ1) is 10.8. The van der Waals surface area contributed by atoms with E-state index in [4.69, 9.17) is 0 Å². The molecule has 3 aromatic carbocycles. The van der Waals surface area contributed by atoms with Gasteiger partial charge in [-0.1, -0.05) is 91.0 Å². The van der Waals surface area contributed by atoms with Gasteiger partial charge in [0.2, 0.25) is 5.78 Å². The highest BCUT2D eigenvalue weighted by Crippen LogP contribution is 2.19. The quantitative estimate of drug-likeness (QED) is 0.491. The molecule has 2 heteroatoms. The van der Waals surface area contributed by atoms with Crippen molar-refractivity contribution in [1.29, 1.82) is 0 Å². The molecule has 0 unspecified atom stereocenters. The maximum atomic E-state index is 12.5. The lowest BCUT2D eigenvalue weighted by Gasteiger charge is -2.05. The van der Waals surface area contributed by atoms with Crippen molar-refractivity contribution >= 4 is 23.8 Å². The first-order valence-corrected chi connectivity index (χ1v) is 8.45. The smallest absolute Gasteiger partial charge is 0.232 e. The minimum atomic E-state index is -0.913. The number of hydrogen-bond acceptors (Lipinski definition) is 1. The maximum absolute atomic E-state index is 12.5. The van der Waals surface area contributed by atoms with Crippen LogP contribution < -0.4 is 10.6 Å². The topological polar surface area (TPSA) is 17.1 Å². The molecule has 0 aliphatic carbocycles. The fourth-order valence-electron chi connectivity index (χ4n) is 2.19. The summed E-state index contributed by atoms with van der Waals surface area (Å²) in [7, 11) is -0.913. The zero-order valence-electron chi connectivity index (χ0n) is 12.0. The second kappa shape index (κ2) is 6.91. The third-order valence-electron chi connectivity index (χ3n) is 3.28. The van der Waals surface area contributed by atoms with E-state index < -0.39 is 7.38 Å². The summed E-state index contributed by atoms with van der Waals surface area (Å²) in [5.74, 6) is -0.0422. The first kappa shape index (κ1) is 14.4. The van der Waals surface area contributed by atoms with Gasteiger partial charge in [0, 0.05) is 16.2 Å². The first-order valence-electron chi connectivity index (χ1n) is 7.11. The molecule has 3 aromatic rings. The molecule has 0 atom stereocenters. The molecule has 0 N–H and O–H groups in total. The molecule has 0 aliphatic heterocycles. The summed E-state index contributed by atoms with van der Waals surface area (Å²) in [6.07, 6.45) is 0. The van der Waals surface area contributed by atoms with Crippen LogP contribution in [0.2, 0.25) is 0 Å².